The number of hydrogen-bond acceptors (Lipinski definition) is 3. The van der Waals surface area contributed by atoms with Crippen LogP contribution >= 0.6 is 0 Å². The summed E-state index contributed by atoms with van der Waals surface area (Å²) in [6, 6.07) is 19.5. The molecule has 0 bridgehead atoms. The standard InChI is InChI=1S/C15H17NO2/c1-16(12-17-14-8-4-2-5-9-14)13-18-15-10-6-3-7-11-15/h2-11H,12-13H2,1H3. The van der Waals surface area contributed by atoms with E-state index in [9.17, 15) is 0 Å². The van der Waals surface area contributed by atoms with Crippen LogP contribution < -0.4 is 9.47 Å². The van der Waals surface area contributed by atoms with E-state index >= 15 is 0 Å². The molecule has 0 heterocycles. The van der Waals surface area contributed by atoms with E-state index in [2.05, 4.69) is 0 Å². The molecule has 3 heteroatoms. The van der Waals surface area contributed by atoms with Gasteiger partial charge >= 0.3 is 0 Å². The first-order valence-corrected chi connectivity index (χ1v) is 5.89. The van der Waals surface area contributed by atoms with Gasteiger partial charge in [-0.15, -0.1) is 0 Å². The monoisotopic (exact) mass is 243 g/mol. The minimum Gasteiger partial charge on any atom is -0.478 e. The summed E-state index contributed by atoms with van der Waals surface area (Å²) >= 11 is 0. The average Bonchev–Trinajstić information content (AvgIpc) is 2.45. The molecule has 0 radical (unpaired) electrons. The maximum Gasteiger partial charge on any atom is 0.144 e. The van der Waals surface area contributed by atoms with E-state index in [1.807, 2.05) is 72.6 Å². The van der Waals surface area contributed by atoms with Crippen LogP contribution in [0.3, 0.4) is 0 Å². The summed E-state index contributed by atoms with van der Waals surface area (Å²) in [5.41, 5.74) is 0. The number of nitrogens with zero attached hydrogens (tertiary/aromatic N) is 1. The Bertz CT molecular complexity index is 401. The summed E-state index contributed by atoms with van der Waals surface area (Å²) in [4.78, 5) is 1.96. The average molecular weight is 243 g/mol. The molecule has 0 saturated carbocycles. The Morgan fingerprint density at radius 3 is 1.50 bits per heavy atom. The molecular weight excluding hydrogens is 226 g/mol. The van der Waals surface area contributed by atoms with Gasteiger partial charge in [0.2, 0.25) is 0 Å². The number of rotatable bonds is 6. The lowest BCUT2D eigenvalue weighted by molar-refractivity contribution is 0.0764. The topological polar surface area (TPSA) is 21.7 Å². The van der Waals surface area contributed by atoms with Crippen LogP contribution in [0.4, 0.5) is 0 Å². The van der Waals surface area contributed by atoms with E-state index in [1.54, 1.807) is 0 Å². The third-order valence-electron chi connectivity index (χ3n) is 2.39. The molecule has 0 aliphatic heterocycles. The van der Waals surface area contributed by atoms with Crippen LogP contribution in [0, 0.1) is 0 Å². The normalized spacial score (nSPS) is 10.3. The predicted molar refractivity (Wildman–Crippen MR) is 71.6 cm³/mol. The molecule has 18 heavy (non-hydrogen) atoms. The zero-order valence-electron chi connectivity index (χ0n) is 10.5. The third-order valence-corrected chi connectivity index (χ3v) is 2.39. The Morgan fingerprint density at radius 2 is 1.11 bits per heavy atom. The van der Waals surface area contributed by atoms with E-state index in [0.717, 1.165) is 11.5 Å². The van der Waals surface area contributed by atoms with Gasteiger partial charge in [0.05, 0.1) is 0 Å². The number of benzene rings is 2. The van der Waals surface area contributed by atoms with Crippen molar-refractivity contribution in [2.45, 2.75) is 0 Å². The zero-order chi connectivity index (χ0) is 12.6. The third kappa shape index (κ3) is 4.11. The van der Waals surface area contributed by atoms with Crippen molar-refractivity contribution < 1.29 is 9.47 Å². The van der Waals surface area contributed by atoms with Gasteiger partial charge in [0.25, 0.3) is 0 Å². The summed E-state index contributed by atoms with van der Waals surface area (Å²) in [6.45, 7) is 0.994. The Hall–Kier alpha value is -2.00. The van der Waals surface area contributed by atoms with Crippen molar-refractivity contribution in [2.75, 3.05) is 20.5 Å². The molecule has 0 aromatic heterocycles. The first-order chi connectivity index (χ1) is 8.84. The molecule has 2 aromatic carbocycles. The summed E-state index contributed by atoms with van der Waals surface area (Å²) in [5, 5.41) is 0. The fourth-order valence-electron chi connectivity index (χ4n) is 1.44. The Kier molecular flexibility index (Phi) is 4.61. The van der Waals surface area contributed by atoms with E-state index in [-0.39, 0.29) is 0 Å². The van der Waals surface area contributed by atoms with E-state index < -0.39 is 0 Å². The van der Waals surface area contributed by atoms with Gasteiger partial charge in [0.1, 0.15) is 25.0 Å². The summed E-state index contributed by atoms with van der Waals surface area (Å²) in [7, 11) is 1.95. The highest BCUT2D eigenvalue weighted by Gasteiger charge is 2.00. The quantitative estimate of drug-likeness (QED) is 0.728. The molecule has 2 rings (SSSR count). The molecule has 0 fully saturated rings. The molecule has 3 nitrogen and oxygen atoms in total. The second-order valence-electron chi connectivity index (χ2n) is 4.03. The van der Waals surface area contributed by atoms with Crippen LogP contribution in [0.25, 0.3) is 0 Å². The van der Waals surface area contributed by atoms with Crippen LogP contribution in [0.5, 0.6) is 11.5 Å². The lowest BCUT2D eigenvalue weighted by atomic mass is 10.3. The van der Waals surface area contributed by atoms with E-state index in [1.165, 1.54) is 0 Å². The molecule has 94 valence electrons. The lowest BCUT2D eigenvalue weighted by Gasteiger charge is -2.17. The van der Waals surface area contributed by atoms with Crippen molar-refractivity contribution in [1.29, 1.82) is 0 Å². The van der Waals surface area contributed by atoms with Gasteiger partial charge in [0.15, 0.2) is 0 Å². The van der Waals surface area contributed by atoms with Crippen molar-refractivity contribution in [2.24, 2.45) is 0 Å². The van der Waals surface area contributed by atoms with E-state index in [4.69, 9.17) is 9.47 Å². The van der Waals surface area contributed by atoms with Crippen LogP contribution in [-0.2, 0) is 0 Å². The van der Waals surface area contributed by atoms with Gasteiger partial charge in [-0.1, -0.05) is 36.4 Å². The number of hydrogen-bond donors (Lipinski definition) is 0. The molecule has 2 aromatic rings. The molecule has 0 N–H and O–H groups in total. The minimum atomic E-state index is 0.497. The Morgan fingerprint density at radius 1 is 0.722 bits per heavy atom. The summed E-state index contributed by atoms with van der Waals surface area (Å²) in [6.07, 6.45) is 0. The van der Waals surface area contributed by atoms with Gasteiger partial charge in [-0.2, -0.15) is 0 Å². The van der Waals surface area contributed by atoms with Gasteiger partial charge in [-0.3, -0.25) is 0 Å². The zero-order valence-corrected chi connectivity index (χ0v) is 10.5. The second kappa shape index (κ2) is 6.67. The van der Waals surface area contributed by atoms with Crippen molar-refractivity contribution >= 4 is 0 Å². The molecule has 0 aliphatic rings. The van der Waals surface area contributed by atoms with Crippen LogP contribution in [-0.4, -0.2) is 25.4 Å². The Labute approximate surface area is 108 Å². The smallest absolute Gasteiger partial charge is 0.144 e. The molecule has 0 amide bonds. The van der Waals surface area contributed by atoms with E-state index in [0.29, 0.717) is 13.5 Å². The van der Waals surface area contributed by atoms with Gasteiger partial charge in [-0.25, -0.2) is 4.90 Å². The largest absolute Gasteiger partial charge is 0.478 e. The van der Waals surface area contributed by atoms with Gasteiger partial charge in [-0.05, 0) is 31.3 Å². The molecular formula is C15H17NO2. The minimum absolute atomic E-state index is 0.497. The molecule has 0 unspecified atom stereocenters. The lowest BCUT2D eigenvalue weighted by Crippen LogP contribution is -2.27. The molecule has 0 saturated heterocycles. The molecule has 0 atom stereocenters. The first-order valence-electron chi connectivity index (χ1n) is 5.89. The van der Waals surface area contributed by atoms with Crippen molar-refractivity contribution in [3.8, 4) is 11.5 Å². The fourth-order valence-corrected chi connectivity index (χ4v) is 1.44. The SMILES string of the molecule is CN(COc1ccccc1)COc1ccccc1. The highest BCUT2D eigenvalue weighted by atomic mass is 16.5. The Balaban J connectivity index is 1.71. The maximum absolute atomic E-state index is 5.60. The maximum atomic E-state index is 5.60. The number of ether oxygens (including phenoxy) is 2. The first kappa shape index (κ1) is 12.5. The second-order valence-corrected chi connectivity index (χ2v) is 4.03. The van der Waals surface area contributed by atoms with Crippen LogP contribution in [0.1, 0.15) is 0 Å². The van der Waals surface area contributed by atoms with Crippen LogP contribution in [0.15, 0.2) is 60.7 Å². The van der Waals surface area contributed by atoms with Crippen molar-refractivity contribution in [3.63, 3.8) is 0 Å². The summed E-state index contributed by atoms with van der Waals surface area (Å²) in [5.74, 6) is 1.73. The van der Waals surface area contributed by atoms with Gasteiger partial charge in [0, 0.05) is 0 Å². The van der Waals surface area contributed by atoms with Crippen molar-refractivity contribution in [3.05, 3.63) is 60.7 Å². The summed E-state index contributed by atoms with van der Waals surface area (Å²) < 4.78 is 11.2. The highest BCUT2D eigenvalue weighted by Crippen LogP contribution is 2.10. The highest BCUT2D eigenvalue weighted by molar-refractivity contribution is 5.21. The fraction of sp³-hybridized carbons (Fsp3) is 0.200. The predicted octanol–water partition coefficient (Wildman–Crippen LogP) is 2.99. The molecule has 0 aliphatic carbocycles. The molecule has 0 spiro atoms. The number of para-hydroxylation sites is 2. The van der Waals surface area contributed by atoms with Crippen LogP contribution in [0.2, 0.25) is 0 Å². The van der Waals surface area contributed by atoms with Gasteiger partial charge < -0.3 is 9.47 Å². The van der Waals surface area contributed by atoms with Crippen molar-refractivity contribution in [1.82, 2.24) is 4.90 Å².